The van der Waals surface area contributed by atoms with Crippen LogP contribution in [-0.4, -0.2) is 4.98 Å². The highest BCUT2D eigenvalue weighted by molar-refractivity contribution is 5.31. The second kappa shape index (κ2) is 7.30. The van der Waals surface area contributed by atoms with Gasteiger partial charge in [-0.3, -0.25) is 0 Å². The third-order valence-electron chi connectivity index (χ3n) is 3.13. The summed E-state index contributed by atoms with van der Waals surface area (Å²) in [5.74, 6) is 0.818. The molecule has 0 aliphatic rings. The highest BCUT2D eigenvalue weighted by atomic mass is 16.5. The molecule has 0 saturated carbocycles. The number of hydrogen-bond acceptors (Lipinski definition) is 3. The van der Waals surface area contributed by atoms with E-state index in [2.05, 4.69) is 30.1 Å². The van der Waals surface area contributed by atoms with Crippen molar-refractivity contribution in [1.82, 2.24) is 4.98 Å². The van der Waals surface area contributed by atoms with Crippen LogP contribution in [0.25, 0.3) is 0 Å². The first-order valence-electron chi connectivity index (χ1n) is 6.89. The van der Waals surface area contributed by atoms with Gasteiger partial charge in [0.05, 0.1) is 0 Å². The lowest BCUT2D eigenvalue weighted by Gasteiger charge is -2.08. The summed E-state index contributed by atoms with van der Waals surface area (Å²) in [4.78, 5) is 4.02. The van der Waals surface area contributed by atoms with Gasteiger partial charge < -0.3 is 4.74 Å². The molecule has 3 heteroatoms. The van der Waals surface area contributed by atoms with Crippen molar-refractivity contribution in [2.75, 3.05) is 0 Å². The first kappa shape index (κ1) is 14.1. The van der Waals surface area contributed by atoms with E-state index in [-0.39, 0.29) is 0 Å². The van der Waals surface area contributed by atoms with Gasteiger partial charge in [0.15, 0.2) is 0 Å². The predicted molar refractivity (Wildman–Crippen MR) is 78.3 cm³/mol. The van der Waals surface area contributed by atoms with Gasteiger partial charge >= 0.3 is 0 Å². The third-order valence-corrected chi connectivity index (χ3v) is 3.13. The summed E-state index contributed by atoms with van der Waals surface area (Å²) in [7, 11) is 0. The van der Waals surface area contributed by atoms with Crippen molar-refractivity contribution in [2.24, 2.45) is 0 Å². The minimum absolute atomic E-state index is 0.366. The van der Waals surface area contributed by atoms with E-state index in [1.165, 1.54) is 18.4 Å². The van der Waals surface area contributed by atoms with Crippen molar-refractivity contribution in [1.29, 1.82) is 5.26 Å². The largest absolute Gasteiger partial charge is 0.489 e. The van der Waals surface area contributed by atoms with Gasteiger partial charge in [-0.2, -0.15) is 5.26 Å². The van der Waals surface area contributed by atoms with Crippen LogP contribution in [-0.2, 0) is 13.0 Å². The van der Waals surface area contributed by atoms with E-state index in [9.17, 15) is 0 Å². The predicted octanol–water partition coefficient (Wildman–Crippen LogP) is 3.87. The van der Waals surface area contributed by atoms with Gasteiger partial charge in [0.2, 0.25) is 0 Å². The van der Waals surface area contributed by atoms with Crippen LogP contribution in [0.5, 0.6) is 5.75 Å². The molecule has 0 N–H and O–H groups in total. The Labute approximate surface area is 119 Å². The highest BCUT2D eigenvalue weighted by Crippen LogP contribution is 2.16. The Bertz CT molecular complexity index is 585. The minimum atomic E-state index is 0.366. The summed E-state index contributed by atoms with van der Waals surface area (Å²) in [6.07, 6.45) is 5.14. The molecule has 1 aromatic carbocycles. The number of ether oxygens (including phenoxy) is 1. The number of pyridine rings is 1. The minimum Gasteiger partial charge on any atom is -0.489 e. The number of aryl methyl sites for hydroxylation is 1. The molecule has 3 nitrogen and oxygen atoms in total. The van der Waals surface area contributed by atoms with Crippen LogP contribution in [0.15, 0.2) is 42.6 Å². The van der Waals surface area contributed by atoms with Gasteiger partial charge in [0.1, 0.15) is 24.1 Å². The lowest BCUT2D eigenvalue weighted by atomic mass is 10.1. The van der Waals surface area contributed by atoms with Gasteiger partial charge in [-0.1, -0.05) is 31.5 Å². The summed E-state index contributed by atoms with van der Waals surface area (Å²) in [6.45, 7) is 2.56. The second-order valence-electron chi connectivity index (χ2n) is 4.66. The van der Waals surface area contributed by atoms with E-state index >= 15 is 0 Å². The molecule has 0 aliphatic heterocycles. The van der Waals surface area contributed by atoms with Crippen LogP contribution in [0, 0.1) is 11.3 Å². The average molecular weight is 266 g/mol. The van der Waals surface area contributed by atoms with E-state index in [1.807, 2.05) is 24.3 Å². The van der Waals surface area contributed by atoms with Gasteiger partial charge in [0.25, 0.3) is 0 Å². The number of aromatic nitrogens is 1. The van der Waals surface area contributed by atoms with Crippen LogP contribution in [0.3, 0.4) is 0 Å². The molecule has 0 saturated heterocycles. The first-order valence-corrected chi connectivity index (χ1v) is 6.89. The summed E-state index contributed by atoms with van der Waals surface area (Å²) < 4.78 is 5.70. The number of benzene rings is 1. The SMILES string of the molecule is CCCCc1ccc(OCc2cccnc2C#N)cc1. The molecule has 102 valence electrons. The molecular formula is C17H18N2O. The lowest BCUT2D eigenvalue weighted by Crippen LogP contribution is -1.99. The molecule has 0 atom stereocenters. The van der Waals surface area contributed by atoms with Crippen molar-refractivity contribution in [3.05, 3.63) is 59.4 Å². The third kappa shape index (κ3) is 3.83. The maximum atomic E-state index is 8.97. The Hall–Kier alpha value is -2.34. The Morgan fingerprint density at radius 1 is 1.20 bits per heavy atom. The number of unbranched alkanes of at least 4 members (excludes halogenated alkanes) is 1. The Morgan fingerprint density at radius 2 is 2.00 bits per heavy atom. The lowest BCUT2D eigenvalue weighted by molar-refractivity contribution is 0.305. The summed E-state index contributed by atoms with van der Waals surface area (Å²) in [5.41, 5.74) is 2.57. The molecule has 1 heterocycles. The molecule has 0 radical (unpaired) electrons. The smallest absolute Gasteiger partial charge is 0.147 e. The maximum absolute atomic E-state index is 8.97. The van der Waals surface area contributed by atoms with Crippen LogP contribution in [0.1, 0.15) is 36.6 Å². The standard InChI is InChI=1S/C17H18N2O/c1-2-3-5-14-7-9-16(10-8-14)20-13-15-6-4-11-19-17(15)12-18/h4,6-11H,2-3,5,13H2,1H3. The van der Waals surface area contributed by atoms with Crippen LogP contribution in [0.2, 0.25) is 0 Å². The molecule has 2 aromatic rings. The molecule has 1 aromatic heterocycles. The molecule has 0 spiro atoms. The molecule has 0 aliphatic carbocycles. The second-order valence-corrected chi connectivity index (χ2v) is 4.66. The van der Waals surface area contributed by atoms with Crippen molar-refractivity contribution >= 4 is 0 Å². The van der Waals surface area contributed by atoms with Crippen molar-refractivity contribution in [2.45, 2.75) is 32.8 Å². The van der Waals surface area contributed by atoms with Gasteiger partial charge in [0, 0.05) is 11.8 Å². The number of hydrogen-bond donors (Lipinski definition) is 0. The Kier molecular flexibility index (Phi) is 5.14. The van der Waals surface area contributed by atoms with Crippen LogP contribution in [0.4, 0.5) is 0 Å². The summed E-state index contributed by atoms with van der Waals surface area (Å²) >= 11 is 0. The summed E-state index contributed by atoms with van der Waals surface area (Å²) in [5, 5.41) is 8.97. The highest BCUT2D eigenvalue weighted by Gasteiger charge is 2.03. The van der Waals surface area contributed by atoms with Gasteiger partial charge in [-0.25, -0.2) is 4.98 Å². The Balaban J connectivity index is 1.95. The molecule has 20 heavy (non-hydrogen) atoms. The zero-order valence-corrected chi connectivity index (χ0v) is 11.7. The number of nitriles is 1. The van der Waals surface area contributed by atoms with Crippen LogP contribution < -0.4 is 4.74 Å². The molecule has 0 fully saturated rings. The molecule has 0 bridgehead atoms. The molecular weight excluding hydrogens is 248 g/mol. The molecule has 0 amide bonds. The van der Waals surface area contributed by atoms with Gasteiger partial charge in [-0.15, -0.1) is 0 Å². The summed E-state index contributed by atoms with van der Waals surface area (Å²) in [6, 6.07) is 13.9. The van der Waals surface area contributed by atoms with Crippen molar-refractivity contribution in [3.8, 4) is 11.8 Å². The van der Waals surface area contributed by atoms with Crippen molar-refractivity contribution < 1.29 is 4.74 Å². The first-order chi connectivity index (χ1) is 9.83. The van der Waals surface area contributed by atoms with E-state index < -0.39 is 0 Å². The monoisotopic (exact) mass is 266 g/mol. The zero-order chi connectivity index (χ0) is 14.2. The average Bonchev–Trinajstić information content (AvgIpc) is 2.52. The van der Waals surface area contributed by atoms with Crippen LogP contribution >= 0.6 is 0 Å². The van der Waals surface area contributed by atoms with E-state index in [0.717, 1.165) is 17.7 Å². The fourth-order valence-corrected chi connectivity index (χ4v) is 1.95. The van der Waals surface area contributed by atoms with Gasteiger partial charge in [-0.05, 0) is 36.6 Å². The van der Waals surface area contributed by atoms with E-state index in [4.69, 9.17) is 10.00 Å². The van der Waals surface area contributed by atoms with Crippen molar-refractivity contribution in [3.63, 3.8) is 0 Å². The fourth-order valence-electron chi connectivity index (χ4n) is 1.95. The Morgan fingerprint density at radius 3 is 2.70 bits per heavy atom. The normalized spacial score (nSPS) is 10.0. The number of nitrogens with zero attached hydrogens (tertiary/aromatic N) is 2. The van der Waals surface area contributed by atoms with E-state index in [0.29, 0.717) is 12.3 Å². The maximum Gasteiger partial charge on any atom is 0.147 e. The zero-order valence-electron chi connectivity index (χ0n) is 11.7. The quantitative estimate of drug-likeness (QED) is 0.797. The van der Waals surface area contributed by atoms with E-state index in [1.54, 1.807) is 6.20 Å². The topological polar surface area (TPSA) is 45.9 Å². The molecule has 0 unspecified atom stereocenters. The fraction of sp³-hybridized carbons (Fsp3) is 0.294. The number of rotatable bonds is 6. The molecule has 2 rings (SSSR count).